The number of halogens is 5. The normalized spacial score (nSPS) is 11.4. The van der Waals surface area contributed by atoms with Gasteiger partial charge in [0.15, 0.2) is 11.5 Å². The minimum atomic E-state index is -5.08. The Bertz CT molecular complexity index is 481. The molecule has 0 saturated heterocycles. The summed E-state index contributed by atoms with van der Waals surface area (Å²) in [5.74, 6) is -2.15. The zero-order valence-electron chi connectivity index (χ0n) is 8.50. The number of aromatic hydroxyl groups is 1. The summed E-state index contributed by atoms with van der Waals surface area (Å²) in [5.41, 5.74) is -1.78. The predicted molar refractivity (Wildman–Crippen MR) is 46.9 cm³/mol. The lowest BCUT2D eigenvalue weighted by Gasteiger charge is -2.14. The van der Waals surface area contributed by atoms with E-state index in [1.165, 1.54) is 6.07 Å². The third-order valence-corrected chi connectivity index (χ3v) is 1.84. The first-order valence-electron chi connectivity index (χ1n) is 4.38. The van der Waals surface area contributed by atoms with Crippen molar-refractivity contribution in [3.05, 3.63) is 17.5 Å². The number of nitriles is 1. The highest BCUT2D eigenvalue weighted by atomic mass is 19.4. The van der Waals surface area contributed by atoms with Gasteiger partial charge in [-0.25, -0.2) is 13.8 Å². The van der Waals surface area contributed by atoms with Crippen molar-refractivity contribution in [2.75, 3.05) is 0 Å². The van der Waals surface area contributed by atoms with Crippen LogP contribution in [0.4, 0.5) is 22.0 Å². The van der Waals surface area contributed by atoms with Crippen LogP contribution in [0.15, 0.2) is 6.20 Å². The van der Waals surface area contributed by atoms with Gasteiger partial charge in [-0.05, 0) is 0 Å². The second-order valence-electron chi connectivity index (χ2n) is 3.02. The van der Waals surface area contributed by atoms with Crippen molar-refractivity contribution in [2.45, 2.75) is 19.2 Å². The lowest BCUT2D eigenvalue weighted by atomic mass is 10.1. The van der Waals surface area contributed by atoms with Gasteiger partial charge in [-0.2, -0.15) is 5.26 Å². The third kappa shape index (κ3) is 3.19. The number of pyridine rings is 1. The molecule has 98 valence electrons. The molecule has 4 nitrogen and oxygen atoms in total. The zero-order chi connectivity index (χ0) is 13.9. The maximum atomic E-state index is 12.3. The van der Waals surface area contributed by atoms with Crippen molar-refractivity contribution in [1.82, 2.24) is 4.98 Å². The van der Waals surface area contributed by atoms with E-state index < -0.39 is 42.0 Å². The monoisotopic (exact) mass is 268 g/mol. The summed E-state index contributed by atoms with van der Waals surface area (Å²) in [4.78, 5) is 2.97. The highest BCUT2D eigenvalue weighted by Crippen LogP contribution is 2.36. The average Bonchev–Trinajstić information content (AvgIpc) is 2.21. The molecule has 0 aliphatic rings. The Labute approximate surface area is 97.2 Å². The molecule has 0 aliphatic carbocycles. The molecule has 1 aromatic rings. The van der Waals surface area contributed by atoms with Crippen LogP contribution in [0.3, 0.4) is 0 Å². The molecule has 0 aliphatic heterocycles. The van der Waals surface area contributed by atoms with E-state index in [2.05, 4.69) is 9.72 Å². The molecule has 18 heavy (non-hydrogen) atoms. The molecule has 0 saturated carbocycles. The zero-order valence-corrected chi connectivity index (χ0v) is 8.50. The number of ether oxygens (including phenoxy) is 1. The second kappa shape index (κ2) is 5.03. The van der Waals surface area contributed by atoms with Crippen LogP contribution >= 0.6 is 0 Å². The molecule has 1 N–H and O–H groups in total. The fourth-order valence-corrected chi connectivity index (χ4v) is 1.16. The van der Waals surface area contributed by atoms with Gasteiger partial charge in [-0.3, -0.25) is 0 Å². The van der Waals surface area contributed by atoms with Gasteiger partial charge in [0, 0.05) is 0 Å². The lowest BCUT2D eigenvalue weighted by Crippen LogP contribution is -2.18. The second-order valence-corrected chi connectivity index (χ2v) is 3.02. The minimum Gasteiger partial charge on any atom is -0.505 e. The van der Waals surface area contributed by atoms with Crippen LogP contribution in [0.5, 0.6) is 11.5 Å². The van der Waals surface area contributed by atoms with Gasteiger partial charge in [0.1, 0.15) is 5.69 Å². The van der Waals surface area contributed by atoms with Gasteiger partial charge in [-0.15, -0.1) is 13.2 Å². The van der Waals surface area contributed by atoms with Crippen LogP contribution in [0.1, 0.15) is 17.7 Å². The predicted octanol–water partition coefficient (Wildman–Crippen LogP) is 2.69. The molecule has 0 aromatic carbocycles. The van der Waals surface area contributed by atoms with E-state index in [0.717, 1.165) is 0 Å². The summed E-state index contributed by atoms with van der Waals surface area (Å²) in [7, 11) is 0. The van der Waals surface area contributed by atoms with Gasteiger partial charge in [0.2, 0.25) is 0 Å². The van der Waals surface area contributed by atoms with Crippen molar-refractivity contribution >= 4 is 0 Å². The number of alkyl halides is 5. The Morgan fingerprint density at radius 2 is 2.06 bits per heavy atom. The highest BCUT2D eigenvalue weighted by Gasteiger charge is 2.33. The van der Waals surface area contributed by atoms with Crippen molar-refractivity contribution in [2.24, 2.45) is 0 Å². The SMILES string of the molecule is N#CCc1c(OC(F)(F)F)cnc(C(F)F)c1O. The van der Waals surface area contributed by atoms with Crippen LogP contribution in [-0.4, -0.2) is 16.5 Å². The first kappa shape index (κ1) is 14.0. The fourth-order valence-electron chi connectivity index (χ4n) is 1.16. The topological polar surface area (TPSA) is 66.1 Å². The maximum Gasteiger partial charge on any atom is 0.573 e. The molecule has 0 atom stereocenters. The summed E-state index contributed by atoms with van der Waals surface area (Å²) in [5, 5.41) is 17.7. The van der Waals surface area contributed by atoms with E-state index in [9.17, 15) is 27.1 Å². The lowest BCUT2D eigenvalue weighted by molar-refractivity contribution is -0.275. The summed E-state index contributed by atoms with van der Waals surface area (Å²) < 4.78 is 64.2. The molecule has 0 radical (unpaired) electrons. The van der Waals surface area contributed by atoms with Crippen molar-refractivity contribution in [3.63, 3.8) is 0 Å². The van der Waals surface area contributed by atoms with E-state index in [1.54, 1.807) is 0 Å². The molecular weight excluding hydrogens is 263 g/mol. The number of aromatic nitrogens is 1. The standard InChI is InChI=1S/C9H5F5N2O2/c10-8(11)6-7(17)4(1-2-15)5(3-16-6)18-9(12,13)14/h3,8,17H,1H2. The van der Waals surface area contributed by atoms with Crippen LogP contribution in [-0.2, 0) is 6.42 Å². The van der Waals surface area contributed by atoms with Gasteiger partial charge >= 0.3 is 6.36 Å². The summed E-state index contributed by atoms with van der Waals surface area (Å²) >= 11 is 0. The summed E-state index contributed by atoms with van der Waals surface area (Å²) in [6, 6.07) is 1.44. The Balaban J connectivity index is 3.28. The molecule has 0 amide bonds. The Morgan fingerprint density at radius 3 is 2.50 bits per heavy atom. The smallest absolute Gasteiger partial charge is 0.505 e. The number of nitrogens with zero attached hydrogens (tertiary/aromatic N) is 2. The van der Waals surface area contributed by atoms with Crippen LogP contribution in [0, 0.1) is 11.3 Å². The van der Waals surface area contributed by atoms with Gasteiger partial charge in [0.05, 0.1) is 24.3 Å². The third-order valence-electron chi connectivity index (χ3n) is 1.84. The summed E-state index contributed by atoms with van der Waals surface area (Å²) in [6.07, 6.45) is -8.59. The van der Waals surface area contributed by atoms with Crippen molar-refractivity contribution in [1.29, 1.82) is 5.26 Å². The highest BCUT2D eigenvalue weighted by molar-refractivity contribution is 5.47. The quantitative estimate of drug-likeness (QED) is 0.856. The Hall–Kier alpha value is -2.11. The van der Waals surface area contributed by atoms with Crippen LogP contribution in [0.25, 0.3) is 0 Å². The largest absolute Gasteiger partial charge is 0.573 e. The fraction of sp³-hybridized carbons (Fsp3) is 0.333. The van der Waals surface area contributed by atoms with Gasteiger partial charge in [0.25, 0.3) is 6.43 Å². The van der Waals surface area contributed by atoms with Gasteiger partial charge < -0.3 is 9.84 Å². The van der Waals surface area contributed by atoms with Crippen molar-refractivity contribution < 1.29 is 31.8 Å². The van der Waals surface area contributed by atoms with E-state index in [-0.39, 0.29) is 0 Å². The molecule has 1 aromatic heterocycles. The van der Waals surface area contributed by atoms with Crippen LogP contribution < -0.4 is 4.74 Å². The minimum absolute atomic E-state index is 0.390. The van der Waals surface area contributed by atoms with E-state index in [1.807, 2.05) is 0 Å². The molecule has 1 rings (SSSR count). The van der Waals surface area contributed by atoms with Crippen molar-refractivity contribution in [3.8, 4) is 17.6 Å². The molecule has 9 heteroatoms. The Morgan fingerprint density at radius 1 is 1.44 bits per heavy atom. The first-order valence-corrected chi connectivity index (χ1v) is 4.38. The van der Waals surface area contributed by atoms with Crippen LogP contribution in [0.2, 0.25) is 0 Å². The van der Waals surface area contributed by atoms with E-state index >= 15 is 0 Å². The van der Waals surface area contributed by atoms with Gasteiger partial charge in [-0.1, -0.05) is 0 Å². The molecule has 0 fully saturated rings. The van der Waals surface area contributed by atoms with E-state index in [0.29, 0.717) is 6.20 Å². The summed E-state index contributed by atoms with van der Waals surface area (Å²) in [6.45, 7) is 0. The molecule has 0 bridgehead atoms. The molecular formula is C9H5F5N2O2. The molecule has 1 heterocycles. The average molecular weight is 268 g/mol. The van der Waals surface area contributed by atoms with E-state index in [4.69, 9.17) is 5.26 Å². The maximum absolute atomic E-state index is 12.3. The Kier molecular flexibility index (Phi) is 3.90. The number of rotatable bonds is 3. The molecule has 0 spiro atoms. The molecule has 0 unspecified atom stereocenters. The number of hydrogen-bond acceptors (Lipinski definition) is 4. The first-order chi connectivity index (χ1) is 8.26. The number of hydrogen-bond donors (Lipinski definition) is 1.